The van der Waals surface area contributed by atoms with Crippen molar-refractivity contribution in [2.75, 3.05) is 0 Å². The van der Waals surface area contributed by atoms with Crippen molar-refractivity contribution in [3.05, 3.63) is 131 Å². The van der Waals surface area contributed by atoms with Crippen molar-refractivity contribution in [3.8, 4) is 11.5 Å². The second-order valence-electron chi connectivity index (χ2n) is 6.77. The minimum atomic E-state index is -0.489. The summed E-state index contributed by atoms with van der Waals surface area (Å²) in [6, 6.07) is 23.7. The second-order valence-corrected chi connectivity index (χ2v) is 6.77. The smallest absolute Gasteiger partial charge is 0.197 e. The van der Waals surface area contributed by atoms with Crippen LogP contribution in [0.4, 0.5) is 8.78 Å². The molecule has 0 aliphatic carbocycles. The van der Waals surface area contributed by atoms with Crippen molar-refractivity contribution in [2.24, 2.45) is 0 Å². The molecule has 0 radical (unpaired) electrons. The fourth-order valence-corrected chi connectivity index (χ4v) is 3.16. The molecule has 0 aromatic heterocycles. The van der Waals surface area contributed by atoms with Crippen LogP contribution in [0.3, 0.4) is 0 Å². The summed E-state index contributed by atoms with van der Waals surface area (Å²) < 4.78 is 32.6. The van der Waals surface area contributed by atoms with Crippen molar-refractivity contribution >= 4 is 11.6 Å². The Labute approximate surface area is 177 Å². The summed E-state index contributed by atoms with van der Waals surface area (Å²) in [6.45, 7) is 0. The van der Waals surface area contributed by atoms with Crippen molar-refractivity contribution in [1.29, 1.82) is 0 Å². The van der Waals surface area contributed by atoms with E-state index in [1.54, 1.807) is 36.4 Å². The molecule has 5 heteroatoms. The number of para-hydroxylation sites is 1. The van der Waals surface area contributed by atoms with Gasteiger partial charge in [-0.2, -0.15) is 0 Å². The first-order valence-electron chi connectivity index (χ1n) is 9.49. The van der Waals surface area contributed by atoms with E-state index >= 15 is 0 Å². The van der Waals surface area contributed by atoms with E-state index in [9.17, 15) is 18.4 Å². The largest absolute Gasteiger partial charge is 0.457 e. The molecule has 0 spiro atoms. The van der Waals surface area contributed by atoms with Gasteiger partial charge in [0.15, 0.2) is 11.6 Å². The van der Waals surface area contributed by atoms with Gasteiger partial charge in [0, 0.05) is 16.7 Å². The number of benzene rings is 4. The van der Waals surface area contributed by atoms with Crippen LogP contribution in [0.2, 0.25) is 0 Å². The molecule has 0 saturated heterocycles. The Morgan fingerprint density at radius 3 is 1.71 bits per heavy atom. The number of rotatable bonds is 6. The first-order chi connectivity index (χ1) is 15.0. The van der Waals surface area contributed by atoms with Crippen LogP contribution >= 0.6 is 0 Å². The molecule has 0 unspecified atom stereocenters. The van der Waals surface area contributed by atoms with Gasteiger partial charge >= 0.3 is 0 Å². The van der Waals surface area contributed by atoms with Crippen molar-refractivity contribution in [2.45, 2.75) is 0 Å². The molecule has 31 heavy (non-hydrogen) atoms. The van der Waals surface area contributed by atoms with Gasteiger partial charge in [-0.25, -0.2) is 8.78 Å². The SMILES string of the molecule is O=C(c1ccc(F)cc1)c1cccc(Oc2ccccc2)c1C(=O)c1ccc(F)cc1. The standard InChI is InChI=1S/C26H16F2O3/c27-19-13-9-17(10-14-19)25(29)22-7-4-8-23(31-21-5-2-1-3-6-21)24(22)26(30)18-11-15-20(28)16-12-18/h1-16H. The summed E-state index contributed by atoms with van der Waals surface area (Å²) in [5, 5.41) is 0. The van der Waals surface area contributed by atoms with Gasteiger partial charge in [-0.15, -0.1) is 0 Å². The van der Waals surface area contributed by atoms with E-state index in [2.05, 4.69) is 0 Å². The van der Waals surface area contributed by atoms with E-state index < -0.39 is 23.2 Å². The molecule has 152 valence electrons. The average Bonchev–Trinajstić information content (AvgIpc) is 2.80. The van der Waals surface area contributed by atoms with Gasteiger partial charge in [0.25, 0.3) is 0 Å². The number of hydrogen-bond acceptors (Lipinski definition) is 3. The van der Waals surface area contributed by atoms with Crippen LogP contribution in [-0.4, -0.2) is 11.6 Å². The number of ether oxygens (including phenoxy) is 1. The molecule has 0 heterocycles. The van der Waals surface area contributed by atoms with Crippen LogP contribution in [-0.2, 0) is 0 Å². The number of ketones is 2. The molecule has 0 N–H and O–H groups in total. The lowest BCUT2D eigenvalue weighted by molar-refractivity contribution is 0.100. The van der Waals surface area contributed by atoms with E-state index in [-0.39, 0.29) is 28.0 Å². The van der Waals surface area contributed by atoms with Gasteiger partial charge in [0.1, 0.15) is 23.1 Å². The monoisotopic (exact) mass is 414 g/mol. The fraction of sp³-hybridized carbons (Fsp3) is 0. The Kier molecular flexibility index (Phi) is 5.67. The molecule has 0 saturated carbocycles. The van der Waals surface area contributed by atoms with Crippen LogP contribution in [0.5, 0.6) is 11.5 Å². The zero-order valence-electron chi connectivity index (χ0n) is 16.2. The Balaban J connectivity index is 1.84. The van der Waals surface area contributed by atoms with Gasteiger partial charge in [-0.1, -0.05) is 30.3 Å². The fourth-order valence-electron chi connectivity index (χ4n) is 3.16. The minimum absolute atomic E-state index is 0.0484. The van der Waals surface area contributed by atoms with Crippen LogP contribution < -0.4 is 4.74 Å². The molecule has 4 aromatic carbocycles. The summed E-state index contributed by atoms with van der Waals surface area (Å²) in [4.78, 5) is 26.5. The molecule has 4 aromatic rings. The van der Waals surface area contributed by atoms with Gasteiger partial charge in [-0.3, -0.25) is 9.59 Å². The highest BCUT2D eigenvalue weighted by Crippen LogP contribution is 2.31. The Morgan fingerprint density at radius 1 is 0.581 bits per heavy atom. The van der Waals surface area contributed by atoms with Gasteiger partial charge in [-0.05, 0) is 66.7 Å². The Morgan fingerprint density at radius 2 is 1.13 bits per heavy atom. The predicted molar refractivity (Wildman–Crippen MR) is 113 cm³/mol. The Bertz CT molecular complexity index is 1230. The molecular formula is C26H16F2O3. The molecule has 0 fully saturated rings. The van der Waals surface area contributed by atoms with Crippen molar-refractivity contribution < 1.29 is 23.1 Å². The van der Waals surface area contributed by atoms with E-state index in [0.29, 0.717) is 5.75 Å². The third-order valence-electron chi connectivity index (χ3n) is 4.68. The zero-order chi connectivity index (χ0) is 21.8. The van der Waals surface area contributed by atoms with Crippen LogP contribution in [0.1, 0.15) is 31.8 Å². The molecule has 3 nitrogen and oxygen atoms in total. The molecule has 0 atom stereocenters. The average molecular weight is 414 g/mol. The quantitative estimate of drug-likeness (QED) is 0.352. The third-order valence-corrected chi connectivity index (χ3v) is 4.68. The third kappa shape index (κ3) is 4.41. The predicted octanol–water partition coefficient (Wildman–Crippen LogP) is 6.22. The van der Waals surface area contributed by atoms with E-state index in [1.165, 1.54) is 54.6 Å². The molecular weight excluding hydrogens is 398 g/mol. The van der Waals surface area contributed by atoms with E-state index in [0.717, 1.165) is 0 Å². The maximum absolute atomic E-state index is 13.4. The summed E-state index contributed by atoms with van der Waals surface area (Å²) >= 11 is 0. The lowest BCUT2D eigenvalue weighted by Crippen LogP contribution is -2.13. The lowest BCUT2D eigenvalue weighted by Gasteiger charge is -2.15. The van der Waals surface area contributed by atoms with Crippen molar-refractivity contribution in [1.82, 2.24) is 0 Å². The molecule has 0 bridgehead atoms. The summed E-state index contributed by atoms with van der Waals surface area (Å²) in [7, 11) is 0. The first-order valence-corrected chi connectivity index (χ1v) is 9.49. The molecule has 4 rings (SSSR count). The summed E-state index contributed by atoms with van der Waals surface area (Å²) in [5.41, 5.74) is 0.590. The van der Waals surface area contributed by atoms with Gasteiger partial charge < -0.3 is 4.74 Å². The lowest BCUT2D eigenvalue weighted by atomic mass is 9.92. The number of carbonyl (C=O) groups excluding carboxylic acids is 2. The normalized spacial score (nSPS) is 10.5. The minimum Gasteiger partial charge on any atom is -0.457 e. The highest BCUT2D eigenvalue weighted by atomic mass is 19.1. The molecule has 0 aliphatic rings. The van der Waals surface area contributed by atoms with E-state index in [1.807, 2.05) is 6.07 Å². The second kappa shape index (κ2) is 8.71. The Hall–Kier alpha value is -4.12. The van der Waals surface area contributed by atoms with Gasteiger partial charge in [0.05, 0.1) is 5.56 Å². The zero-order valence-corrected chi connectivity index (χ0v) is 16.2. The number of hydrogen-bond donors (Lipinski definition) is 0. The van der Waals surface area contributed by atoms with Crippen LogP contribution in [0.15, 0.2) is 97.1 Å². The highest BCUT2D eigenvalue weighted by Gasteiger charge is 2.24. The maximum atomic E-state index is 13.4. The first kappa shape index (κ1) is 20.2. The molecule has 0 aliphatic heterocycles. The summed E-state index contributed by atoms with van der Waals surface area (Å²) in [6.07, 6.45) is 0. The number of halogens is 2. The summed E-state index contributed by atoms with van der Waals surface area (Å²) in [5.74, 6) is -1.22. The van der Waals surface area contributed by atoms with E-state index in [4.69, 9.17) is 4.74 Å². The van der Waals surface area contributed by atoms with Crippen molar-refractivity contribution in [3.63, 3.8) is 0 Å². The topological polar surface area (TPSA) is 43.4 Å². The van der Waals surface area contributed by atoms with Gasteiger partial charge in [0.2, 0.25) is 0 Å². The maximum Gasteiger partial charge on any atom is 0.197 e. The van der Waals surface area contributed by atoms with Crippen LogP contribution in [0, 0.1) is 11.6 Å². The van der Waals surface area contributed by atoms with Crippen LogP contribution in [0.25, 0.3) is 0 Å². The molecule has 0 amide bonds. The number of carbonyl (C=O) groups is 2. The highest BCUT2D eigenvalue weighted by molar-refractivity contribution is 6.20.